The van der Waals surface area contributed by atoms with Crippen LogP contribution in [0.5, 0.6) is 0 Å². The molecule has 0 N–H and O–H groups in total. The Hall–Kier alpha value is -1.30. The van der Waals surface area contributed by atoms with Crippen LogP contribution in [0.1, 0.15) is 103 Å². The lowest BCUT2D eigenvalue weighted by Crippen LogP contribution is -2.15. The zero-order chi connectivity index (χ0) is 30.6. The van der Waals surface area contributed by atoms with Gasteiger partial charge in [-0.1, -0.05) is 84.0 Å². The van der Waals surface area contributed by atoms with Crippen LogP contribution in [0.3, 0.4) is 0 Å². The van der Waals surface area contributed by atoms with Crippen molar-refractivity contribution >= 4 is 11.9 Å². The van der Waals surface area contributed by atoms with Crippen LogP contribution in [0, 0.1) is 0 Å². The normalized spacial score (nSPS) is 11.2. The molecule has 0 fully saturated rings. The average molecular weight is 607 g/mol. The number of rotatable bonds is 35. The van der Waals surface area contributed by atoms with Crippen molar-refractivity contribution in [2.75, 3.05) is 93.0 Å². The van der Waals surface area contributed by atoms with Gasteiger partial charge in [0.1, 0.15) is 6.61 Å². The predicted octanol–water partition coefficient (Wildman–Crippen LogP) is 5.67. The molecule has 0 radical (unpaired) electrons. The number of hydrogen-bond donors (Lipinski definition) is 0. The highest BCUT2D eigenvalue weighted by Crippen LogP contribution is 2.13. The first-order valence-corrected chi connectivity index (χ1v) is 16.4. The molecule has 10 nitrogen and oxygen atoms in total. The summed E-state index contributed by atoms with van der Waals surface area (Å²) in [6, 6.07) is 0. The summed E-state index contributed by atoms with van der Waals surface area (Å²) in [5.41, 5.74) is 0. The average Bonchev–Trinajstić information content (AvgIpc) is 3.00. The number of unbranched alkanes of at least 4 members (excludes halogenated alkanes) is 12. The number of hydrogen-bond acceptors (Lipinski definition) is 10. The van der Waals surface area contributed by atoms with Crippen LogP contribution < -0.4 is 0 Å². The molecule has 0 heterocycles. The molecule has 0 aromatic carbocycles. The van der Waals surface area contributed by atoms with E-state index in [1.807, 2.05) is 0 Å². The van der Waals surface area contributed by atoms with E-state index >= 15 is 0 Å². The summed E-state index contributed by atoms with van der Waals surface area (Å²) in [7, 11) is 1.35. The molecular formula is C32H62O10. The van der Waals surface area contributed by atoms with Gasteiger partial charge in [-0.15, -0.1) is 0 Å². The maximum absolute atomic E-state index is 11.8. The van der Waals surface area contributed by atoms with Gasteiger partial charge in [0.15, 0.2) is 0 Å². The highest BCUT2D eigenvalue weighted by atomic mass is 16.6. The summed E-state index contributed by atoms with van der Waals surface area (Å²) in [4.78, 5) is 22.7. The Morgan fingerprint density at radius 2 is 0.714 bits per heavy atom. The minimum absolute atomic E-state index is 0.134. The Kier molecular flexibility index (Phi) is 34.8. The number of carbonyl (C=O) groups excluding carboxylic acids is 2. The monoisotopic (exact) mass is 606 g/mol. The second-order valence-corrected chi connectivity index (χ2v) is 10.2. The van der Waals surface area contributed by atoms with E-state index in [2.05, 4.69) is 11.7 Å². The molecule has 0 rings (SSSR count). The quantitative estimate of drug-likeness (QED) is 0.0661. The van der Waals surface area contributed by atoms with Gasteiger partial charge in [0.2, 0.25) is 0 Å². The van der Waals surface area contributed by atoms with Gasteiger partial charge in [-0.25, -0.2) is 0 Å². The lowest BCUT2D eigenvalue weighted by Gasteiger charge is -2.08. The van der Waals surface area contributed by atoms with E-state index in [1.165, 1.54) is 77.7 Å². The molecule has 42 heavy (non-hydrogen) atoms. The third-order valence-corrected chi connectivity index (χ3v) is 6.51. The Labute approximate surface area is 255 Å². The smallest absolute Gasteiger partial charge is 0.307 e. The molecule has 0 aliphatic heterocycles. The largest absolute Gasteiger partial charge is 0.469 e. The third kappa shape index (κ3) is 34.9. The van der Waals surface area contributed by atoms with Crippen molar-refractivity contribution in [3.05, 3.63) is 0 Å². The molecule has 0 aromatic rings. The third-order valence-electron chi connectivity index (χ3n) is 6.51. The Bertz CT molecular complexity index is 561. The van der Waals surface area contributed by atoms with Crippen molar-refractivity contribution in [2.24, 2.45) is 0 Å². The van der Waals surface area contributed by atoms with Crippen LogP contribution in [0.15, 0.2) is 0 Å². The van der Waals surface area contributed by atoms with E-state index in [4.69, 9.17) is 33.2 Å². The Balaban J connectivity index is 3.15. The maximum Gasteiger partial charge on any atom is 0.307 e. The van der Waals surface area contributed by atoms with Gasteiger partial charge >= 0.3 is 11.9 Å². The van der Waals surface area contributed by atoms with E-state index in [9.17, 15) is 9.59 Å². The lowest BCUT2D eigenvalue weighted by atomic mass is 10.0. The van der Waals surface area contributed by atoms with E-state index in [1.54, 1.807) is 0 Å². The van der Waals surface area contributed by atoms with Gasteiger partial charge < -0.3 is 37.9 Å². The van der Waals surface area contributed by atoms with E-state index in [0.717, 1.165) is 12.8 Å². The van der Waals surface area contributed by atoms with Gasteiger partial charge in [0.05, 0.1) is 92.8 Å². The molecule has 10 heteroatoms. The summed E-state index contributed by atoms with van der Waals surface area (Å²) in [5, 5.41) is 0. The van der Waals surface area contributed by atoms with Crippen LogP contribution in [0.4, 0.5) is 0 Å². The first kappa shape index (κ1) is 40.7. The van der Waals surface area contributed by atoms with Gasteiger partial charge in [0.25, 0.3) is 0 Å². The Morgan fingerprint density at radius 3 is 1.10 bits per heavy atom. The minimum Gasteiger partial charge on any atom is -0.469 e. The van der Waals surface area contributed by atoms with Gasteiger partial charge in [-0.3, -0.25) is 9.59 Å². The van der Waals surface area contributed by atoms with Crippen LogP contribution in [-0.2, 0) is 47.5 Å². The van der Waals surface area contributed by atoms with E-state index in [0.29, 0.717) is 85.7 Å². The molecule has 0 spiro atoms. The predicted molar refractivity (Wildman–Crippen MR) is 163 cm³/mol. The second-order valence-electron chi connectivity index (χ2n) is 10.2. The van der Waals surface area contributed by atoms with E-state index in [-0.39, 0.29) is 25.0 Å². The molecule has 0 amide bonds. The molecule has 250 valence electrons. The standard InChI is InChI=1S/C32H62O10/c1-3-4-5-6-7-8-9-10-11-12-13-14-15-16-32(34)42-30-29-41-28-27-40-26-25-39-24-23-38-22-21-37-20-19-36-18-17-31(33)35-2/h3-30H2,1-2H3. The summed E-state index contributed by atoms with van der Waals surface area (Å²) in [6.45, 7) is 7.96. The molecular weight excluding hydrogens is 544 g/mol. The summed E-state index contributed by atoms with van der Waals surface area (Å²) in [5.74, 6) is -0.418. The lowest BCUT2D eigenvalue weighted by molar-refractivity contribution is -0.145. The highest BCUT2D eigenvalue weighted by molar-refractivity contribution is 5.69. The number of ether oxygens (including phenoxy) is 8. The number of carbonyl (C=O) groups is 2. The van der Waals surface area contributed by atoms with E-state index < -0.39 is 0 Å². The first-order valence-electron chi connectivity index (χ1n) is 16.4. The topological polar surface area (TPSA) is 108 Å². The first-order chi connectivity index (χ1) is 20.7. The molecule has 0 saturated carbocycles. The molecule has 0 atom stereocenters. The second kappa shape index (κ2) is 35.9. The van der Waals surface area contributed by atoms with Crippen molar-refractivity contribution in [2.45, 2.75) is 103 Å². The molecule has 0 bridgehead atoms. The summed E-state index contributed by atoms with van der Waals surface area (Å²) < 4.78 is 42.1. The molecule has 0 aliphatic rings. The van der Waals surface area contributed by atoms with Gasteiger partial charge in [-0.2, -0.15) is 0 Å². The zero-order valence-corrected chi connectivity index (χ0v) is 26.9. The minimum atomic E-state index is -0.284. The Morgan fingerprint density at radius 1 is 0.381 bits per heavy atom. The van der Waals surface area contributed by atoms with Crippen LogP contribution in [0.25, 0.3) is 0 Å². The zero-order valence-electron chi connectivity index (χ0n) is 26.9. The molecule has 0 unspecified atom stereocenters. The van der Waals surface area contributed by atoms with Crippen LogP contribution >= 0.6 is 0 Å². The van der Waals surface area contributed by atoms with Crippen molar-refractivity contribution in [1.82, 2.24) is 0 Å². The number of methoxy groups -OCH3 is 1. The van der Waals surface area contributed by atoms with Crippen molar-refractivity contribution < 1.29 is 47.5 Å². The highest BCUT2D eigenvalue weighted by Gasteiger charge is 2.03. The fourth-order valence-electron chi connectivity index (χ4n) is 4.03. The molecule has 0 aromatic heterocycles. The van der Waals surface area contributed by atoms with Crippen LogP contribution in [0.2, 0.25) is 0 Å². The molecule has 0 aliphatic carbocycles. The SMILES string of the molecule is CCCCCCCCCCCCCCCC(=O)OCCOCCOCCOCCOCCOCCOCCC(=O)OC. The van der Waals surface area contributed by atoms with Crippen molar-refractivity contribution in [3.63, 3.8) is 0 Å². The van der Waals surface area contributed by atoms with Gasteiger partial charge in [0, 0.05) is 6.42 Å². The van der Waals surface area contributed by atoms with Crippen LogP contribution in [-0.4, -0.2) is 105 Å². The summed E-state index contributed by atoms with van der Waals surface area (Å²) >= 11 is 0. The van der Waals surface area contributed by atoms with Crippen molar-refractivity contribution in [3.8, 4) is 0 Å². The maximum atomic E-state index is 11.8. The number of esters is 2. The fraction of sp³-hybridized carbons (Fsp3) is 0.938. The molecule has 0 saturated heterocycles. The van der Waals surface area contributed by atoms with Gasteiger partial charge in [-0.05, 0) is 6.42 Å². The summed E-state index contributed by atoms with van der Waals surface area (Å²) in [6.07, 6.45) is 17.6. The van der Waals surface area contributed by atoms with Crippen molar-refractivity contribution in [1.29, 1.82) is 0 Å². The fourth-order valence-corrected chi connectivity index (χ4v) is 4.03.